The molecule has 1 aromatic carbocycles. The van der Waals surface area contributed by atoms with Gasteiger partial charge in [0.2, 0.25) is 10.0 Å². The van der Waals surface area contributed by atoms with E-state index in [4.69, 9.17) is 4.84 Å². The Bertz CT molecular complexity index is 856. The van der Waals surface area contributed by atoms with Gasteiger partial charge in [-0.25, -0.2) is 8.42 Å². The molecular weight excluding hydrogens is 392 g/mol. The Morgan fingerprint density at radius 1 is 1.34 bits per heavy atom. The molecule has 0 bridgehead atoms. The first kappa shape index (κ1) is 21.7. The summed E-state index contributed by atoms with van der Waals surface area (Å²) in [4.78, 5) is 18.3. The van der Waals surface area contributed by atoms with Crippen LogP contribution >= 0.6 is 0 Å². The highest BCUT2D eigenvalue weighted by molar-refractivity contribution is 7.89. The van der Waals surface area contributed by atoms with Gasteiger partial charge in [0.25, 0.3) is 5.91 Å². The molecule has 0 unspecified atom stereocenters. The molecule has 9 heteroatoms. The maximum absolute atomic E-state index is 12.5. The number of sulfonamides is 1. The van der Waals surface area contributed by atoms with Crippen LogP contribution in [0.2, 0.25) is 0 Å². The molecule has 1 saturated heterocycles. The third kappa shape index (κ3) is 4.96. The van der Waals surface area contributed by atoms with Crippen molar-refractivity contribution in [3.8, 4) is 0 Å². The summed E-state index contributed by atoms with van der Waals surface area (Å²) in [5, 5.41) is 10.4. The predicted molar refractivity (Wildman–Crippen MR) is 112 cm³/mol. The quantitative estimate of drug-likeness (QED) is 0.689. The first-order chi connectivity index (χ1) is 13.8. The van der Waals surface area contributed by atoms with E-state index in [0.29, 0.717) is 25.2 Å². The minimum Gasteiger partial charge on any atom is -0.385 e. The van der Waals surface area contributed by atoms with Crippen molar-refractivity contribution >= 4 is 21.6 Å². The van der Waals surface area contributed by atoms with E-state index in [2.05, 4.69) is 15.8 Å². The molecule has 1 aromatic rings. The molecule has 0 aliphatic carbocycles. The molecule has 0 radical (unpaired) electrons. The van der Waals surface area contributed by atoms with Crippen LogP contribution < -0.4 is 10.6 Å². The Hall–Kier alpha value is -1.97. The molecule has 1 amide bonds. The summed E-state index contributed by atoms with van der Waals surface area (Å²) in [6, 6.07) is 9.84. The van der Waals surface area contributed by atoms with Crippen molar-refractivity contribution in [3.63, 3.8) is 0 Å². The first-order valence-electron chi connectivity index (χ1n) is 10.1. The molecule has 1 spiro atoms. The van der Waals surface area contributed by atoms with Gasteiger partial charge in [-0.05, 0) is 32.8 Å². The highest BCUT2D eigenvalue weighted by Crippen LogP contribution is 2.35. The lowest BCUT2D eigenvalue weighted by atomic mass is 9.84. The van der Waals surface area contributed by atoms with Crippen molar-refractivity contribution in [3.05, 3.63) is 35.9 Å². The maximum Gasteiger partial charge on any atom is 0.269 e. The van der Waals surface area contributed by atoms with Crippen LogP contribution in [0.4, 0.5) is 0 Å². The summed E-state index contributed by atoms with van der Waals surface area (Å²) in [7, 11) is -3.36. The number of oxime groups is 1. The van der Waals surface area contributed by atoms with E-state index < -0.39 is 15.6 Å². The number of amides is 1. The van der Waals surface area contributed by atoms with Gasteiger partial charge in [-0.2, -0.15) is 4.31 Å². The van der Waals surface area contributed by atoms with Crippen LogP contribution in [-0.2, 0) is 26.2 Å². The van der Waals surface area contributed by atoms with Gasteiger partial charge in [-0.3, -0.25) is 4.79 Å². The van der Waals surface area contributed by atoms with Gasteiger partial charge in [0.15, 0.2) is 5.60 Å². The maximum atomic E-state index is 12.5. The van der Waals surface area contributed by atoms with Crippen molar-refractivity contribution in [1.82, 2.24) is 14.9 Å². The standard InChI is InChI=1S/C20H30N4O4S/c1-4-29(26,27)24-11-10-18(21-13-16-8-6-5-7-9-16)20(14-24)12-17(23-28-20)19(25)22-15(2)3/h5-9,15,18,21H,4,10-14H2,1-3H3,(H,22,25)/t18-,20-/m0/s1. The van der Waals surface area contributed by atoms with E-state index in [1.807, 2.05) is 44.2 Å². The summed E-state index contributed by atoms with van der Waals surface area (Å²) < 4.78 is 26.4. The van der Waals surface area contributed by atoms with E-state index in [0.717, 1.165) is 5.56 Å². The number of carbonyl (C=O) groups is 1. The molecule has 8 nitrogen and oxygen atoms in total. The van der Waals surface area contributed by atoms with Crippen LogP contribution in [0.3, 0.4) is 0 Å². The zero-order valence-corrected chi connectivity index (χ0v) is 18.0. The lowest BCUT2D eigenvalue weighted by molar-refractivity contribution is -0.115. The molecule has 0 aromatic heterocycles. The van der Waals surface area contributed by atoms with E-state index >= 15 is 0 Å². The number of hydrogen-bond donors (Lipinski definition) is 2. The smallest absolute Gasteiger partial charge is 0.269 e. The number of rotatable bonds is 7. The third-order valence-corrected chi connectivity index (χ3v) is 7.21. The van der Waals surface area contributed by atoms with Crippen molar-refractivity contribution in [2.45, 2.75) is 57.8 Å². The third-order valence-electron chi connectivity index (χ3n) is 5.39. The van der Waals surface area contributed by atoms with Crippen LogP contribution in [0.25, 0.3) is 0 Å². The first-order valence-corrected chi connectivity index (χ1v) is 11.7. The number of piperidine rings is 1. The van der Waals surface area contributed by atoms with Crippen LogP contribution in [0, 0.1) is 0 Å². The summed E-state index contributed by atoms with van der Waals surface area (Å²) in [5.41, 5.74) is 0.544. The topological polar surface area (TPSA) is 100 Å². The fourth-order valence-electron chi connectivity index (χ4n) is 3.80. The zero-order valence-electron chi connectivity index (χ0n) is 17.2. The summed E-state index contributed by atoms with van der Waals surface area (Å²) in [6.07, 6.45) is 0.856. The summed E-state index contributed by atoms with van der Waals surface area (Å²) >= 11 is 0. The van der Waals surface area contributed by atoms with Crippen molar-refractivity contribution < 1.29 is 18.0 Å². The van der Waals surface area contributed by atoms with Gasteiger partial charge < -0.3 is 15.5 Å². The molecule has 160 valence electrons. The monoisotopic (exact) mass is 422 g/mol. The molecule has 2 atom stereocenters. The second-order valence-corrected chi connectivity index (χ2v) is 10.2. The van der Waals surface area contributed by atoms with Crippen LogP contribution in [0.15, 0.2) is 35.5 Å². The molecule has 0 saturated carbocycles. The van der Waals surface area contributed by atoms with E-state index in [1.165, 1.54) is 4.31 Å². The fraction of sp³-hybridized carbons (Fsp3) is 0.600. The van der Waals surface area contributed by atoms with E-state index in [9.17, 15) is 13.2 Å². The van der Waals surface area contributed by atoms with Crippen LogP contribution in [0.1, 0.15) is 39.2 Å². The number of benzene rings is 1. The highest BCUT2D eigenvalue weighted by atomic mass is 32.2. The highest BCUT2D eigenvalue weighted by Gasteiger charge is 2.52. The summed E-state index contributed by atoms with van der Waals surface area (Å²) in [5.74, 6) is -0.235. The number of nitrogens with one attached hydrogen (secondary N) is 2. The molecule has 1 fully saturated rings. The van der Waals surface area contributed by atoms with E-state index in [-0.39, 0.29) is 36.7 Å². The Morgan fingerprint density at radius 3 is 2.72 bits per heavy atom. The van der Waals surface area contributed by atoms with E-state index in [1.54, 1.807) is 6.92 Å². The molecule has 2 N–H and O–H groups in total. The van der Waals surface area contributed by atoms with Gasteiger partial charge in [0.05, 0.1) is 18.3 Å². The van der Waals surface area contributed by atoms with Gasteiger partial charge in [0, 0.05) is 25.6 Å². The van der Waals surface area contributed by atoms with Gasteiger partial charge in [0.1, 0.15) is 5.71 Å². The molecule has 2 heterocycles. The molecule has 2 aliphatic rings. The minimum absolute atomic E-state index is 0.0166. The molecule has 2 aliphatic heterocycles. The Morgan fingerprint density at radius 2 is 2.07 bits per heavy atom. The lowest BCUT2D eigenvalue weighted by Crippen LogP contribution is -2.63. The minimum atomic E-state index is -3.36. The Labute approximate surface area is 172 Å². The molecule has 3 rings (SSSR count). The fourth-order valence-corrected chi connectivity index (χ4v) is 4.97. The second kappa shape index (κ2) is 8.81. The largest absolute Gasteiger partial charge is 0.385 e. The molecule has 29 heavy (non-hydrogen) atoms. The summed E-state index contributed by atoms with van der Waals surface area (Å²) in [6.45, 7) is 6.62. The second-order valence-electron chi connectivity index (χ2n) is 7.94. The number of nitrogens with zero attached hydrogens (tertiary/aromatic N) is 2. The average Bonchev–Trinajstić information content (AvgIpc) is 3.12. The van der Waals surface area contributed by atoms with Crippen LogP contribution in [-0.4, -0.2) is 60.9 Å². The predicted octanol–water partition coefficient (Wildman–Crippen LogP) is 1.24. The van der Waals surface area contributed by atoms with Crippen molar-refractivity contribution in [2.75, 3.05) is 18.8 Å². The lowest BCUT2D eigenvalue weighted by Gasteiger charge is -2.43. The van der Waals surface area contributed by atoms with Crippen molar-refractivity contribution in [2.24, 2.45) is 5.16 Å². The van der Waals surface area contributed by atoms with Gasteiger partial charge >= 0.3 is 0 Å². The number of carbonyl (C=O) groups excluding carboxylic acids is 1. The molecular formula is C20H30N4O4S. The number of hydrogen-bond acceptors (Lipinski definition) is 6. The van der Waals surface area contributed by atoms with Gasteiger partial charge in [-0.15, -0.1) is 0 Å². The van der Waals surface area contributed by atoms with Gasteiger partial charge in [-0.1, -0.05) is 35.5 Å². The Balaban J connectivity index is 1.78. The van der Waals surface area contributed by atoms with Crippen molar-refractivity contribution in [1.29, 1.82) is 0 Å². The average molecular weight is 423 g/mol. The normalized spacial score (nSPS) is 25.1. The zero-order chi connectivity index (χ0) is 21.1. The Kier molecular flexibility index (Phi) is 6.60. The van der Waals surface area contributed by atoms with Crippen LogP contribution in [0.5, 0.6) is 0 Å². The SMILES string of the molecule is CCS(=O)(=O)N1CC[C@H](NCc2ccccc2)[C@]2(CC(C(=O)NC(C)C)=NO2)C1.